The summed E-state index contributed by atoms with van der Waals surface area (Å²) in [6.07, 6.45) is 2.98. The SMILES string of the molecule is CS[C@H]1O[C@@H](c2ccc(C)c(Cc3ccc(C45CCC6(CC4C5)OCCO6)cc3)c2)[C@H](OC(C)=O)[C@@H](OC(C)=O)[C@@H]1OC(C)=O. The lowest BCUT2D eigenvalue weighted by molar-refractivity contribution is -0.233. The molecule has 0 radical (unpaired) electrons. The highest BCUT2D eigenvalue weighted by Crippen LogP contribution is 2.65. The van der Waals surface area contributed by atoms with Gasteiger partial charge in [-0.05, 0) is 71.6 Å². The van der Waals surface area contributed by atoms with E-state index in [2.05, 4.69) is 37.3 Å². The lowest BCUT2D eigenvalue weighted by atomic mass is 9.79. The molecule has 2 aromatic rings. The van der Waals surface area contributed by atoms with Crippen LogP contribution in [-0.2, 0) is 54.6 Å². The summed E-state index contributed by atoms with van der Waals surface area (Å²) >= 11 is 1.33. The van der Waals surface area contributed by atoms with Crippen LogP contribution >= 0.6 is 11.8 Å². The van der Waals surface area contributed by atoms with Gasteiger partial charge in [-0.15, -0.1) is 11.8 Å². The summed E-state index contributed by atoms with van der Waals surface area (Å²) in [5.41, 5.74) is 5.19. The summed E-state index contributed by atoms with van der Waals surface area (Å²) in [7, 11) is 0. The Morgan fingerprint density at radius 1 is 0.844 bits per heavy atom. The molecule has 242 valence electrons. The Labute approximate surface area is 268 Å². The maximum Gasteiger partial charge on any atom is 0.303 e. The molecule has 1 spiro atoms. The summed E-state index contributed by atoms with van der Waals surface area (Å²) in [5, 5.41) is 0. The largest absolute Gasteiger partial charge is 0.455 e. The van der Waals surface area contributed by atoms with Crippen molar-refractivity contribution in [1.82, 2.24) is 0 Å². The van der Waals surface area contributed by atoms with E-state index in [0.717, 1.165) is 36.0 Å². The predicted octanol–water partition coefficient (Wildman–Crippen LogP) is 5.33. The Balaban J connectivity index is 1.23. The summed E-state index contributed by atoms with van der Waals surface area (Å²) < 4.78 is 35.3. The molecule has 9 nitrogen and oxygen atoms in total. The van der Waals surface area contributed by atoms with Gasteiger partial charge in [-0.3, -0.25) is 14.4 Å². The van der Waals surface area contributed by atoms with Gasteiger partial charge in [0.15, 0.2) is 24.1 Å². The van der Waals surface area contributed by atoms with Crippen molar-refractivity contribution >= 4 is 29.7 Å². The van der Waals surface area contributed by atoms with Crippen molar-refractivity contribution in [2.24, 2.45) is 5.92 Å². The van der Waals surface area contributed by atoms with Crippen molar-refractivity contribution in [1.29, 1.82) is 0 Å². The Morgan fingerprint density at radius 3 is 2.11 bits per heavy atom. The first-order valence-corrected chi connectivity index (χ1v) is 17.0. The van der Waals surface area contributed by atoms with Gasteiger partial charge in [-0.2, -0.15) is 0 Å². The molecule has 2 unspecified atom stereocenters. The number of hydrogen-bond donors (Lipinski definition) is 0. The number of thioether (sulfide) groups is 1. The topological polar surface area (TPSA) is 107 Å². The number of benzene rings is 2. The van der Waals surface area contributed by atoms with Crippen LogP contribution in [0.1, 0.15) is 80.4 Å². The zero-order chi connectivity index (χ0) is 31.9. The number of rotatable bonds is 8. The van der Waals surface area contributed by atoms with Crippen LogP contribution in [0.3, 0.4) is 0 Å². The Morgan fingerprint density at radius 2 is 1.49 bits per heavy atom. The van der Waals surface area contributed by atoms with E-state index in [0.29, 0.717) is 25.6 Å². The third-order valence-electron chi connectivity index (χ3n) is 9.81. The number of esters is 3. The molecular formula is C35H42O9S. The average Bonchev–Trinajstić information content (AvgIpc) is 3.55. The number of ether oxygens (including phenoxy) is 6. The zero-order valence-corrected chi connectivity index (χ0v) is 27.4. The molecule has 0 N–H and O–H groups in total. The van der Waals surface area contributed by atoms with Gasteiger partial charge in [0.05, 0.1) is 13.2 Å². The molecule has 2 aliphatic carbocycles. The Hall–Kier alpha value is -2.92. The molecule has 0 bridgehead atoms. The molecule has 6 rings (SSSR count). The van der Waals surface area contributed by atoms with Gasteiger partial charge in [0, 0.05) is 33.6 Å². The molecule has 2 saturated heterocycles. The van der Waals surface area contributed by atoms with Crippen molar-refractivity contribution in [3.8, 4) is 0 Å². The van der Waals surface area contributed by atoms with Gasteiger partial charge in [0.25, 0.3) is 0 Å². The maximum absolute atomic E-state index is 12.3. The Bertz CT molecular complexity index is 1440. The second-order valence-corrected chi connectivity index (χ2v) is 13.7. The van der Waals surface area contributed by atoms with Gasteiger partial charge in [-0.1, -0.05) is 42.5 Å². The summed E-state index contributed by atoms with van der Waals surface area (Å²) in [4.78, 5) is 36.4. The monoisotopic (exact) mass is 638 g/mol. The van der Waals surface area contributed by atoms with E-state index in [9.17, 15) is 14.4 Å². The number of aryl methyl sites for hydroxylation is 1. The van der Waals surface area contributed by atoms with Crippen LogP contribution in [0, 0.1) is 12.8 Å². The number of carbonyl (C=O) groups is 3. The lowest BCUT2D eigenvalue weighted by Gasteiger charge is -2.44. The molecule has 0 aromatic heterocycles. The highest BCUT2D eigenvalue weighted by atomic mass is 32.2. The molecule has 10 heteroatoms. The van der Waals surface area contributed by atoms with Crippen molar-refractivity contribution in [2.45, 2.75) is 101 Å². The van der Waals surface area contributed by atoms with E-state index in [1.165, 1.54) is 50.1 Å². The van der Waals surface area contributed by atoms with E-state index in [-0.39, 0.29) is 11.2 Å². The van der Waals surface area contributed by atoms with E-state index in [1.807, 2.05) is 18.4 Å². The number of hydrogen-bond acceptors (Lipinski definition) is 10. The van der Waals surface area contributed by atoms with Crippen molar-refractivity contribution in [3.63, 3.8) is 0 Å². The predicted molar refractivity (Wildman–Crippen MR) is 166 cm³/mol. The van der Waals surface area contributed by atoms with E-state index in [4.69, 9.17) is 28.4 Å². The molecule has 45 heavy (non-hydrogen) atoms. The molecule has 2 saturated carbocycles. The highest BCUT2D eigenvalue weighted by Gasteiger charge is 2.62. The van der Waals surface area contributed by atoms with Crippen LogP contribution in [-0.4, -0.2) is 66.9 Å². The molecule has 4 aliphatic rings. The quantitative estimate of drug-likeness (QED) is 0.278. The van der Waals surface area contributed by atoms with Crippen molar-refractivity contribution in [3.05, 3.63) is 70.3 Å². The summed E-state index contributed by atoms with van der Waals surface area (Å²) in [6.45, 7) is 7.31. The van der Waals surface area contributed by atoms with Gasteiger partial charge in [0.2, 0.25) is 0 Å². The minimum Gasteiger partial charge on any atom is -0.455 e. The second-order valence-electron chi connectivity index (χ2n) is 12.8. The molecule has 0 amide bonds. The maximum atomic E-state index is 12.3. The van der Waals surface area contributed by atoms with Crippen LogP contribution in [0.25, 0.3) is 0 Å². The van der Waals surface area contributed by atoms with Crippen molar-refractivity contribution < 1.29 is 42.8 Å². The van der Waals surface area contributed by atoms with Crippen LogP contribution < -0.4 is 0 Å². The molecule has 2 heterocycles. The first kappa shape index (κ1) is 32.0. The molecule has 2 aromatic carbocycles. The normalized spacial score (nSPS) is 31.6. The molecule has 4 fully saturated rings. The first-order chi connectivity index (χ1) is 21.5. The summed E-state index contributed by atoms with van der Waals surface area (Å²) in [5.74, 6) is -1.43. The lowest BCUT2D eigenvalue weighted by Crippen LogP contribution is -2.57. The minimum absolute atomic E-state index is 0.245. The van der Waals surface area contributed by atoms with Gasteiger partial charge in [-0.25, -0.2) is 0 Å². The highest BCUT2D eigenvalue weighted by molar-refractivity contribution is 7.99. The Kier molecular flexibility index (Phi) is 9.04. The third-order valence-corrected chi connectivity index (χ3v) is 10.7. The zero-order valence-electron chi connectivity index (χ0n) is 26.5. The van der Waals surface area contributed by atoms with E-state index in [1.54, 1.807) is 0 Å². The average molecular weight is 639 g/mol. The van der Waals surface area contributed by atoms with Gasteiger partial charge >= 0.3 is 17.9 Å². The van der Waals surface area contributed by atoms with Crippen LogP contribution in [0.15, 0.2) is 42.5 Å². The standard InChI is InChI=1S/C35H42O9S/c1-20-6-9-25(29-30(41-21(2)36)31(42-22(3)37)32(43-23(4)38)33(44-29)45-5)17-26(20)16-24-7-10-27(11-8-24)34-12-13-35(19-28(34)18-34)39-14-15-40-35/h6-11,17,28-33H,12-16,18-19H2,1-5H3/t28?,29-,30-,31+,32-,33+,34?/m0/s1. The fraction of sp³-hybridized carbons (Fsp3) is 0.571. The van der Waals surface area contributed by atoms with Crippen LogP contribution in [0.5, 0.6) is 0 Å². The van der Waals surface area contributed by atoms with E-state index < -0.39 is 47.8 Å². The second kappa shape index (κ2) is 12.7. The minimum atomic E-state index is -1.05. The molecule has 2 aliphatic heterocycles. The third kappa shape index (κ3) is 6.52. The molecule has 7 atom stereocenters. The number of fused-ring (bicyclic) bond motifs is 1. The van der Waals surface area contributed by atoms with Gasteiger partial charge in [0.1, 0.15) is 11.5 Å². The fourth-order valence-electron chi connectivity index (χ4n) is 7.57. The first-order valence-electron chi connectivity index (χ1n) is 15.7. The summed E-state index contributed by atoms with van der Waals surface area (Å²) in [6, 6.07) is 15.0. The van der Waals surface area contributed by atoms with Crippen LogP contribution in [0.4, 0.5) is 0 Å². The molecular weight excluding hydrogens is 596 g/mol. The number of carbonyl (C=O) groups excluding carboxylic acids is 3. The van der Waals surface area contributed by atoms with Gasteiger partial charge < -0.3 is 28.4 Å². The smallest absolute Gasteiger partial charge is 0.303 e. The fourth-order valence-corrected chi connectivity index (χ4v) is 8.28. The van der Waals surface area contributed by atoms with Crippen LogP contribution in [0.2, 0.25) is 0 Å². The van der Waals surface area contributed by atoms with E-state index >= 15 is 0 Å². The van der Waals surface area contributed by atoms with Crippen molar-refractivity contribution in [2.75, 3.05) is 19.5 Å².